The second kappa shape index (κ2) is 7.64. The lowest BCUT2D eigenvalue weighted by atomic mass is 10.1. The molecule has 2 heterocycles. The van der Waals surface area contributed by atoms with Gasteiger partial charge in [0.15, 0.2) is 11.3 Å². The van der Waals surface area contributed by atoms with Crippen LogP contribution in [0.15, 0.2) is 29.6 Å². The number of amides is 1. The second-order valence-electron chi connectivity index (χ2n) is 6.00. The van der Waals surface area contributed by atoms with Gasteiger partial charge < -0.3 is 4.74 Å². The highest BCUT2D eigenvalue weighted by Gasteiger charge is 2.33. The topological polar surface area (TPSA) is 69.5 Å². The number of benzene rings is 1. The van der Waals surface area contributed by atoms with Gasteiger partial charge in [0, 0.05) is 31.6 Å². The predicted molar refractivity (Wildman–Crippen MR) is 97.0 cm³/mol. The number of ether oxygens (including phenoxy) is 1. The van der Waals surface area contributed by atoms with Gasteiger partial charge in [-0.15, -0.1) is 11.3 Å². The van der Waals surface area contributed by atoms with Gasteiger partial charge in [0.25, 0.3) is 5.91 Å². The lowest BCUT2D eigenvalue weighted by molar-refractivity contribution is -0.121. The number of carbonyl (C=O) groups excluding carboxylic acids is 1. The molecular formula is C18H20N4O2S. The molecule has 1 atom stereocenters. The molecule has 130 valence electrons. The van der Waals surface area contributed by atoms with Crippen LogP contribution in [0.4, 0.5) is 5.13 Å². The summed E-state index contributed by atoms with van der Waals surface area (Å²) in [7, 11) is 3.39. The Hall–Kier alpha value is -2.43. The molecule has 6 nitrogen and oxygen atoms in total. The third-order valence-electron chi connectivity index (χ3n) is 4.31. The van der Waals surface area contributed by atoms with Crippen molar-refractivity contribution in [2.45, 2.75) is 25.5 Å². The lowest BCUT2D eigenvalue weighted by Gasteiger charge is -2.22. The molecule has 1 unspecified atom stereocenters. The quantitative estimate of drug-likeness (QED) is 0.771. The maximum Gasteiger partial charge on any atom is 0.251 e. The smallest absolute Gasteiger partial charge is 0.251 e. The Morgan fingerprint density at radius 3 is 3.16 bits per heavy atom. The second-order valence-corrected chi connectivity index (χ2v) is 6.83. The zero-order chi connectivity index (χ0) is 17.8. The van der Waals surface area contributed by atoms with Crippen LogP contribution in [0.2, 0.25) is 0 Å². The van der Waals surface area contributed by atoms with Crippen molar-refractivity contribution < 1.29 is 9.53 Å². The van der Waals surface area contributed by atoms with E-state index in [-0.39, 0.29) is 11.9 Å². The molecule has 0 spiro atoms. The number of nitriles is 1. The third-order valence-corrected chi connectivity index (χ3v) is 5.23. The van der Waals surface area contributed by atoms with Crippen LogP contribution < -0.4 is 4.90 Å². The van der Waals surface area contributed by atoms with Crippen LogP contribution >= 0.6 is 11.3 Å². The monoisotopic (exact) mass is 356 g/mol. The summed E-state index contributed by atoms with van der Waals surface area (Å²) >= 11 is 1.43. The number of likely N-dealkylation sites (tertiary alicyclic amines) is 1. The first-order valence-electron chi connectivity index (χ1n) is 8.11. The van der Waals surface area contributed by atoms with Crippen LogP contribution in [0.25, 0.3) is 11.3 Å². The van der Waals surface area contributed by atoms with Crippen molar-refractivity contribution in [1.29, 1.82) is 5.26 Å². The molecule has 0 bridgehead atoms. The van der Waals surface area contributed by atoms with Crippen molar-refractivity contribution in [1.82, 2.24) is 9.88 Å². The van der Waals surface area contributed by atoms with E-state index >= 15 is 0 Å². The Bertz CT molecular complexity index is 798. The fourth-order valence-corrected chi connectivity index (χ4v) is 3.80. The average molecular weight is 356 g/mol. The minimum Gasteiger partial charge on any atom is -0.380 e. The van der Waals surface area contributed by atoms with Crippen LogP contribution in [0, 0.1) is 11.5 Å². The van der Waals surface area contributed by atoms with Gasteiger partial charge in [-0.3, -0.25) is 14.6 Å². The highest BCUT2D eigenvalue weighted by atomic mass is 32.1. The van der Waals surface area contributed by atoms with Gasteiger partial charge in [0.05, 0.1) is 12.3 Å². The molecule has 1 aliphatic heterocycles. The first kappa shape index (κ1) is 17.4. The number of methoxy groups -OCH3 is 1. The first-order chi connectivity index (χ1) is 12.1. The molecule has 1 aromatic heterocycles. The Labute approximate surface area is 151 Å². The Morgan fingerprint density at radius 1 is 1.56 bits per heavy atom. The van der Waals surface area contributed by atoms with E-state index in [1.54, 1.807) is 24.0 Å². The minimum atomic E-state index is -0.368. The summed E-state index contributed by atoms with van der Waals surface area (Å²) in [5.41, 5.74) is 2.91. The highest BCUT2D eigenvalue weighted by Crippen LogP contribution is 2.29. The number of hydrogen-bond acceptors (Lipinski definition) is 6. The summed E-state index contributed by atoms with van der Waals surface area (Å²) in [6.07, 6.45) is 3.69. The van der Waals surface area contributed by atoms with Crippen molar-refractivity contribution >= 4 is 22.4 Å². The third kappa shape index (κ3) is 3.65. The number of hydrogen-bond donors (Lipinski definition) is 0. The van der Waals surface area contributed by atoms with Gasteiger partial charge in [-0.25, -0.2) is 4.98 Å². The molecule has 1 fully saturated rings. The van der Waals surface area contributed by atoms with Gasteiger partial charge >= 0.3 is 0 Å². The number of carbonyl (C=O) groups is 1. The fraction of sp³-hybridized carbons (Fsp3) is 0.389. The molecule has 2 aromatic rings. The number of likely N-dealkylation sites (N-methyl/N-ethyl adjacent to an activating group) is 1. The Morgan fingerprint density at radius 2 is 2.40 bits per heavy atom. The lowest BCUT2D eigenvalue weighted by Crippen LogP contribution is -2.42. The van der Waals surface area contributed by atoms with Crippen LogP contribution in [-0.2, 0) is 16.1 Å². The van der Waals surface area contributed by atoms with Crippen molar-refractivity contribution in [2.75, 3.05) is 25.6 Å². The van der Waals surface area contributed by atoms with Crippen molar-refractivity contribution in [3.05, 3.63) is 35.2 Å². The molecule has 0 aliphatic carbocycles. The molecule has 1 saturated heterocycles. The van der Waals surface area contributed by atoms with E-state index < -0.39 is 0 Å². The zero-order valence-corrected chi connectivity index (χ0v) is 15.1. The number of nitrogens with zero attached hydrogens (tertiary/aromatic N) is 4. The van der Waals surface area contributed by atoms with Gasteiger partial charge in [-0.1, -0.05) is 18.2 Å². The standard InChI is InChI=1S/C18H20N4O2S/c1-21(17(23)16-7-4-8-22(16)12-19)18-20-15(11-25-18)14-6-3-5-13(9-14)10-24-2/h3,5-6,9,11,16H,4,7-8,10H2,1-2H3. The van der Waals surface area contributed by atoms with E-state index in [4.69, 9.17) is 10.00 Å². The van der Waals surface area contributed by atoms with Gasteiger partial charge in [-0.2, -0.15) is 5.26 Å². The normalized spacial score (nSPS) is 16.7. The maximum atomic E-state index is 12.7. The number of rotatable bonds is 5. The van der Waals surface area contributed by atoms with Crippen LogP contribution in [-0.4, -0.2) is 42.5 Å². The summed E-state index contributed by atoms with van der Waals surface area (Å²) in [6.45, 7) is 1.20. The molecular weight excluding hydrogens is 336 g/mol. The number of thiazole rings is 1. The fourth-order valence-electron chi connectivity index (χ4n) is 3.00. The zero-order valence-electron chi connectivity index (χ0n) is 14.3. The highest BCUT2D eigenvalue weighted by molar-refractivity contribution is 7.14. The van der Waals surface area contributed by atoms with Gasteiger partial charge in [0.1, 0.15) is 6.04 Å². The van der Waals surface area contributed by atoms with Gasteiger partial charge in [-0.05, 0) is 24.5 Å². The molecule has 3 rings (SSSR count). The van der Waals surface area contributed by atoms with E-state index in [1.165, 1.54) is 11.3 Å². The van der Waals surface area contributed by atoms with Crippen LogP contribution in [0.1, 0.15) is 18.4 Å². The average Bonchev–Trinajstić information content (AvgIpc) is 3.30. The van der Waals surface area contributed by atoms with Crippen molar-refractivity contribution in [2.24, 2.45) is 0 Å². The number of aromatic nitrogens is 1. The summed E-state index contributed by atoms with van der Waals surface area (Å²) in [6, 6.07) is 7.65. The molecule has 1 aliphatic rings. The van der Waals surface area contributed by atoms with E-state index in [0.717, 1.165) is 23.2 Å². The van der Waals surface area contributed by atoms with E-state index in [0.29, 0.717) is 24.7 Å². The van der Waals surface area contributed by atoms with Crippen LogP contribution in [0.5, 0.6) is 0 Å². The molecule has 0 radical (unpaired) electrons. The van der Waals surface area contributed by atoms with Crippen LogP contribution in [0.3, 0.4) is 0 Å². The molecule has 1 aromatic carbocycles. The molecule has 1 amide bonds. The maximum absolute atomic E-state index is 12.7. The summed E-state index contributed by atoms with van der Waals surface area (Å²) in [5.74, 6) is -0.0758. The number of anilines is 1. The largest absolute Gasteiger partial charge is 0.380 e. The van der Waals surface area contributed by atoms with E-state index in [2.05, 4.69) is 11.2 Å². The van der Waals surface area contributed by atoms with Gasteiger partial charge in [0.2, 0.25) is 0 Å². The molecule has 0 N–H and O–H groups in total. The predicted octanol–water partition coefficient (Wildman–Crippen LogP) is 2.86. The summed E-state index contributed by atoms with van der Waals surface area (Å²) in [5, 5.41) is 11.7. The van der Waals surface area contributed by atoms with Crippen molar-refractivity contribution in [3.8, 4) is 17.5 Å². The molecule has 7 heteroatoms. The Balaban J connectivity index is 1.78. The summed E-state index contributed by atoms with van der Waals surface area (Å²) < 4.78 is 5.17. The Kier molecular flexibility index (Phi) is 5.31. The molecule has 25 heavy (non-hydrogen) atoms. The van der Waals surface area contributed by atoms with Crippen molar-refractivity contribution in [3.63, 3.8) is 0 Å². The molecule has 0 saturated carbocycles. The minimum absolute atomic E-state index is 0.0758. The van der Waals surface area contributed by atoms with E-state index in [1.807, 2.05) is 29.6 Å². The summed E-state index contributed by atoms with van der Waals surface area (Å²) in [4.78, 5) is 20.4. The first-order valence-corrected chi connectivity index (χ1v) is 8.99. The van der Waals surface area contributed by atoms with E-state index in [9.17, 15) is 4.79 Å². The SMILES string of the molecule is COCc1cccc(-c2csc(N(C)C(=O)C3CCCN3C#N)n2)c1.